The summed E-state index contributed by atoms with van der Waals surface area (Å²) in [5, 5.41) is 6.10. The Morgan fingerprint density at radius 2 is 2.05 bits per heavy atom. The highest BCUT2D eigenvalue weighted by Crippen LogP contribution is 2.12. The van der Waals surface area contributed by atoms with Crippen LogP contribution in [0.2, 0.25) is 0 Å². The van der Waals surface area contributed by atoms with Gasteiger partial charge in [0.25, 0.3) is 0 Å². The normalized spacial score (nSPS) is 14.4. The van der Waals surface area contributed by atoms with Gasteiger partial charge in [0, 0.05) is 6.54 Å². The molecule has 2 N–H and O–H groups in total. The molecule has 1 heterocycles. The Hall–Kier alpha value is -1.36. The Morgan fingerprint density at radius 3 is 2.58 bits per heavy atom. The van der Waals surface area contributed by atoms with E-state index in [9.17, 15) is 4.79 Å². The highest BCUT2D eigenvalue weighted by atomic mass is 16.4. The summed E-state index contributed by atoms with van der Waals surface area (Å²) in [5.41, 5.74) is 0. The van der Waals surface area contributed by atoms with Crippen molar-refractivity contribution in [1.29, 1.82) is 0 Å². The molecular formula is C14H25N3O2. The maximum absolute atomic E-state index is 11.9. The summed E-state index contributed by atoms with van der Waals surface area (Å²) in [4.78, 5) is 16.0. The van der Waals surface area contributed by atoms with E-state index in [0.29, 0.717) is 11.8 Å². The number of aryl methyl sites for hydroxylation is 1. The lowest BCUT2D eigenvalue weighted by atomic mass is 10.1. The molecule has 1 aromatic heterocycles. The van der Waals surface area contributed by atoms with Crippen LogP contribution in [0.4, 0.5) is 0 Å². The summed E-state index contributed by atoms with van der Waals surface area (Å²) in [7, 11) is 0. The minimum Gasteiger partial charge on any atom is -0.444 e. The van der Waals surface area contributed by atoms with Gasteiger partial charge in [-0.05, 0) is 33.1 Å². The Morgan fingerprint density at radius 1 is 1.37 bits per heavy atom. The van der Waals surface area contributed by atoms with Crippen molar-refractivity contribution in [3.8, 4) is 0 Å². The molecule has 1 amide bonds. The third-order valence-electron chi connectivity index (χ3n) is 2.92. The largest absolute Gasteiger partial charge is 0.444 e. The number of aromatic nitrogens is 1. The quantitative estimate of drug-likeness (QED) is 0.794. The maximum atomic E-state index is 11.9. The molecule has 5 heteroatoms. The van der Waals surface area contributed by atoms with Crippen LogP contribution in [-0.4, -0.2) is 23.5 Å². The van der Waals surface area contributed by atoms with E-state index < -0.39 is 0 Å². The first-order valence-corrected chi connectivity index (χ1v) is 6.86. The van der Waals surface area contributed by atoms with Gasteiger partial charge < -0.3 is 9.73 Å². The summed E-state index contributed by atoms with van der Waals surface area (Å²) in [6, 6.07) is -0.353. The highest BCUT2D eigenvalue weighted by molar-refractivity contribution is 5.81. The number of hydrogen-bond acceptors (Lipinski definition) is 4. The summed E-state index contributed by atoms with van der Waals surface area (Å²) >= 11 is 0. The van der Waals surface area contributed by atoms with Crippen molar-refractivity contribution in [1.82, 2.24) is 15.6 Å². The van der Waals surface area contributed by atoms with Crippen LogP contribution in [-0.2, 0) is 4.79 Å². The summed E-state index contributed by atoms with van der Waals surface area (Å²) < 4.78 is 5.43. The van der Waals surface area contributed by atoms with E-state index in [4.69, 9.17) is 4.42 Å². The monoisotopic (exact) mass is 267 g/mol. The van der Waals surface area contributed by atoms with Gasteiger partial charge in [-0.2, -0.15) is 0 Å². The second-order valence-corrected chi connectivity index (χ2v) is 5.39. The van der Waals surface area contributed by atoms with Crippen LogP contribution in [0.3, 0.4) is 0 Å². The predicted octanol–water partition coefficient (Wildman–Crippen LogP) is 2.18. The van der Waals surface area contributed by atoms with Gasteiger partial charge in [0.05, 0.1) is 18.3 Å². The molecule has 19 heavy (non-hydrogen) atoms. The lowest BCUT2D eigenvalue weighted by Gasteiger charge is -2.17. The van der Waals surface area contributed by atoms with E-state index in [-0.39, 0.29) is 18.0 Å². The third-order valence-corrected chi connectivity index (χ3v) is 2.92. The van der Waals surface area contributed by atoms with E-state index in [1.807, 2.05) is 20.8 Å². The molecule has 0 radical (unpaired) electrons. The number of hydrogen-bond donors (Lipinski definition) is 2. The predicted molar refractivity (Wildman–Crippen MR) is 74.7 cm³/mol. The zero-order valence-electron chi connectivity index (χ0n) is 12.5. The van der Waals surface area contributed by atoms with Crippen LogP contribution in [0.15, 0.2) is 10.6 Å². The first kappa shape index (κ1) is 15.7. The van der Waals surface area contributed by atoms with Crippen LogP contribution in [0.5, 0.6) is 0 Å². The maximum Gasteiger partial charge on any atom is 0.236 e. The second kappa shape index (κ2) is 7.28. The first-order chi connectivity index (χ1) is 8.90. The molecule has 0 bridgehead atoms. The molecule has 0 aromatic carbocycles. The van der Waals surface area contributed by atoms with Crippen LogP contribution >= 0.6 is 0 Å². The van der Waals surface area contributed by atoms with Crippen LogP contribution in [0.1, 0.15) is 51.8 Å². The zero-order valence-corrected chi connectivity index (χ0v) is 12.5. The van der Waals surface area contributed by atoms with Gasteiger partial charge in [0.1, 0.15) is 5.76 Å². The van der Waals surface area contributed by atoms with Gasteiger partial charge in [-0.15, -0.1) is 0 Å². The first-order valence-electron chi connectivity index (χ1n) is 6.86. The van der Waals surface area contributed by atoms with Crippen LogP contribution in [0, 0.1) is 12.8 Å². The summed E-state index contributed by atoms with van der Waals surface area (Å²) in [5.74, 6) is 1.99. The average molecular weight is 267 g/mol. The van der Waals surface area contributed by atoms with Crippen molar-refractivity contribution >= 4 is 5.91 Å². The number of oxazole rings is 1. The molecule has 0 spiro atoms. The molecule has 1 aromatic rings. The van der Waals surface area contributed by atoms with Crippen molar-refractivity contribution < 1.29 is 9.21 Å². The standard InChI is InChI=1S/C14H25N3O2/c1-9(2)6-7-15-13(18)11(4)17-12(5)14-16-8-10(3)19-14/h8-9,11-12,17H,6-7H2,1-5H3,(H,15,18). The molecule has 0 fully saturated rings. The molecule has 0 aliphatic carbocycles. The molecule has 0 aliphatic rings. The van der Waals surface area contributed by atoms with Crippen molar-refractivity contribution in [2.24, 2.45) is 5.92 Å². The second-order valence-electron chi connectivity index (χ2n) is 5.39. The van der Waals surface area contributed by atoms with E-state index in [1.54, 1.807) is 6.20 Å². The highest BCUT2D eigenvalue weighted by Gasteiger charge is 2.18. The van der Waals surface area contributed by atoms with E-state index in [2.05, 4.69) is 29.5 Å². The van der Waals surface area contributed by atoms with E-state index in [1.165, 1.54) is 0 Å². The molecule has 2 unspecified atom stereocenters. The number of carbonyl (C=O) groups is 1. The van der Waals surface area contributed by atoms with Gasteiger partial charge in [-0.1, -0.05) is 13.8 Å². The topological polar surface area (TPSA) is 67.2 Å². The molecule has 0 aliphatic heterocycles. The van der Waals surface area contributed by atoms with Crippen molar-refractivity contribution in [3.63, 3.8) is 0 Å². The number of rotatable bonds is 7. The molecule has 0 saturated carbocycles. The van der Waals surface area contributed by atoms with Crippen molar-refractivity contribution in [2.45, 2.75) is 53.1 Å². The van der Waals surface area contributed by atoms with Crippen molar-refractivity contribution in [3.05, 3.63) is 17.8 Å². The van der Waals surface area contributed by atoms with Gasteiger partial charge in [-0.25, -0.2) is 4.98 Å². The number of nitrogens with one attached hydrogen (secondary N) is 2. The van der Waals surface area contributed by atoms with Gasteiger partial charge in [0.2, 0.25) is 11.8 Å². The Balaban J connectivity index is 2.37. The SMILES string of the molecule is Cc1cnc(C(C)NC(C)C(=O)NCCC(C)C)o1. The molecule has 5 nitrogen and oxygen atoms in total. The fourth-order valence-corrected chi connectivity index (χ4v) is 1.73. The van der Waals surface area contributed by atoms with Gasteiger partial charge >= 0.3 is 0 Å². The lowest BCUT2D eigenvalue weighted by Crippen LogP contribution is -2.43. The van der Waals surface area contributed by atoms with Crippen LogP contribution < -0.4 is 10.6 Å². The Bertz CT molecular complexity index is 401. The number of amides is 1. The molecule has 1 rings (SSSR count). The summed E-state index contributed by atoms with van der Waals surface area (Å²) in [6.45, 7) is 10.6. The number of nitrogens with zero attached hydrogens (tertiary/aromatic N) is 1. The third kappa shape index (κ3) is 5.42. The smallest absolute Gasteiger partial charge is 0.236 e. The molecule has 108 valence electrons. The van der Waals surface area contributed by atoms with Crippen LogP contribution in [0.25, 0.3) is 0 Å². The lowest BCUT2D eigenvalue weighted by molar-refractivity contribution is -0.123. The van der Waals surface area contributed by atoms with E-state index >= 15 is 0 Å². The van der Waals surface area contributed by atoms with Gasteiger partial charge in [0.15, 0.2) is 0 Å². The Labute approximate surface area is 115 Å². The number of carbonyl (C=O) groups excluding carboxylic acids is 1. The minimum atomic E-state index is -0.269. The van der Waals surface area contributed by atoms with Gasteiger partial charge in [-0.3, -0.25) is 10.1 Å². The zero-order chi connectivity index (χ0) is 14.4. The van der Waals surface area contributed by atoms with E-state index in [0.717, 1.165) is 18.7 Å². The Kier molecular flexibility index (Phi) is 6.02. The average Bonchev–Trinajstić information content (AvgIpc) is 2.75. The summed E-state index contributed by atoms with van der Waals surface area (Å²) in [6.07, 6.45) is 2.67. The minimum absolute atomic E-state index is 0.00998. The fraction of sp³-hybridized carbons (Fsp3) is 0.714. The molecule has 0 saturated heterocycles. The molecular weight excluding hydrogens is 242 g/mol. The fourth-order valence-electron chi connectivity index (χ4n) is 1.73. The molecule has 2 atom stereocenters. The van der Waals surface area contributed by atoms with Crippen molar-refractivity contribution in [2.75, 3.05) is 6.54 Å².